The summed E-state index contributed by atoms with van der Waals surface area (Å²) in [4.78, 5) is 16.5. The maximum Gasteiger partial charge on any atom is 0.416 e. The second kappa shape index (κ2) is 7.47. The monoisotopic (exact) mass is 399 g/mol. The molecule has 1 aromatic rings. The topological polar surface area (TPSA) is 44.8 Å². The third-order valence-electron chi connectivity index (χ3n) is 4.83. The van der Waals surface area contributed by atoms with Crippen molar-refractivity contribution >= 4 is 23.2 Å². The Morgan fingerprint density at radius 2 is 1.96 bits per heavy atom. The summed E-state index contributed by atoms with van der Waals surface area (Å²) in [6.45, 7) is 3.52. The SMILES string of the molecule is CC1=C(C(=O)N2CCOCC2)C(c2cccc(C(F)(F)F)c2)NC(=S)N1C. The summed E-state index contributed by atoms with van der Waals surface area (Å²) >= 11 is 5.30. The van der Waals surface area contributed by atoms with Gasteiger partial charge in [0.2, 0.25) is 0 Å². The van der Waals surface area contributed by atoms with Crippen molar-refractivity contribution in [1.82, 2.24) is 15.1 Å². The summed E-state index contributed by atoms with van der Waals surface area (Å²) in [6, 6.07) is 4.24. The van der Waals surface area contributed by atoms with Crippen LogP contribution in [0, 0.1) is 0 Å². The van der Waals surface area contributed by atoms with Crippen LogP contribution in [0.25, 0.3) is 0 Å². The van der Waals surface area contributed by atoms with Gasteiger partial charge in [-0.1, -0.05) is 12.1 Å². The molecule has 27 heavy (non-hydrogen) atoms. The molecule has 146 valence electrons. The molecule has 0 aliphatic carbocycles. The number of amides is 1. The van der Waals surface area contributed by atoms with Gasteiger partial charge in [-0.15, -0.1) is 0 Å². The van der Waals surface area contributed by atoms with Crippen LogP contribution in [-0.2, 0) is 15.7 Å². The highest BCUT2D eigenvalue weighted by Crippen LogP contribution is 2.35. The fraction of sp³-hybridized carbons (Fsp3) is 0.444. The van der Waals surface area contributed by atoms with Crippen molar-refractivity contribution in [2.45, 2.75) is 19.1 Å². The minimum absolute atomic E-state index is 0.222. The summed E-state index contributed by atoms with van der Waals surface area (Å²) in [5.41, 5.74) is 0.601. The maximum atomic E-state index is 13.2. The first-order chi connectivity index (χ1) is 12.7. The number of benzene rings is 1. The molecule has 1 fully saturated rings. The number of rotatable bonds is 2. The fourth-order valence-electron chi connectivity index (χ4n) is 3.19. The number of halogens is 3. The molecule has 9 heteroatoms. The van der Waals surface area contributed by atoms with E-state index in [1.807, 2.05) is 0 Å². The zero-order valence-electron chi connectivity index (χ0n) is 15.0. The van der Waals surface area contributed by atoms with Crippen LogP contribution in [0.1, 0.15) is 24.1 Å². The highest BCUT2D eigenvalue weighted by molar-refractivity contribution is 7.80. The van der Waals surface area contributed by atoms with Crippen LogP contribution in [-0.4, -0.2) is 54.2 Å². The Morgan fingerprint density at radius 1 is 1.30 bits per heavy atom. The molecule has 0 spiro atoms. The van der Waals surface area contributed by atoms with E-state index in [-0.39, 0.29) is 5.91 Å². The van der Waals surface area contributed by atoms with Crippen LogP contribution >= 0.6 is 12.2 Å². The fourth-order valence-corrected chi connectivity index (χ4v) is 3.45. The second-order valence-electron chi connectivity index (χ2n) is 6.47. The molecule has 0 radical (unpaired) electrons. The summed E-state index contributed by atoms with van der Waals surface area (Å²) in [7, 11) is 1.72. The number of ether oxygens (including phenoxy) is 1. The predicted octanol–water partition coefficient (Wildman–Crippen LogP) is 2.70. The van der Waals surface area contributed by atoms with Crippen LogP contribution in [0.5, 0.6) is 0 Å². The van der Waals surface area contributed by atoms with Gasteiger partial charge in [-0.05, 0) is 36.8 Å². The molecule has 1 amide bonds. The minimum atomic E-state index is -4.46. The molecule has 3 rings (SSSR count). The lowest BCUT2D eigenvalue weighted by molar-refractivity contribution is -0.137. The number of carbonyl (C=O) groups is 1. The van der Waals surface area contributed by atoms with Gasteiger partial charge in [-0.3, -0.25) is 4.79 Å². The predicted molar refractivity (Wildman–Crippen MR) is 97.8 cm³/mol. The lowest BCUT2D eigenvalue weighted by atomic mass is 9.92. The third kappa shape index (κ3) is 3.93. The molecule has 1 aromatic carbocycles. The van der Waals surface area contributed by atoms with Gasteiger partial charge < -0.3 is 19.9 Å². The Balaban J connectivity index is 2.04. The van der Waals surface area contributed by atoms with Crippen molar-refractivity contribution in [2.24, 2.45) is 0 Å². The van der Waals surface area contributed by atoms with Gasteiger partial charge in [0, 0.05) is 25.8 Å². The smallest absolute Gasteiger partial charge is 0.378 e. The molecule has 1 saturated heterocycles. The number of allylic oxidation sites excluding steroid dienone is 1. The van der Waals surface area contributed by atoms with Crippen molar-refractivity contribution in [3.63, 3.8) is 0 Å². The van der Waals surface area contributed by atoms with E-state index in [1.165, 1.54) is 6.07 Å². The third-order valence-corrected chi connectivity index (χ3v) is 5.22. The van der Waals surface area contributed by atoms with Crippen molar-refractivity contribution in [3.05, 3.63) is 46.7 Å². The number of nitrogens with one attached hydrogen (secondary N) is 1. The van der Waals surface area contributed by atoms with E-state index in [0.29, 0.717) is 48.2 Å². The number of nitrogens with zero attached hydrogens (tertiary/aromatic N) is 2. The van der Waals surface area contributed by atoms with Gasteiger partial charge in [0.05, 0.1) is 30.4 Å². The largest absolute Gasteiger partial charge is 0.416 e. The number of thiocarbonyl (C=S) groups is 1. The lowest BCUT2D eigenvalue weighted by Gasteiger charge is -2.38. The molecule has 2 aliphatic rings. The molecule has 0 saturated carbocycles. The van der Waals surface area contributed by atoms with Gasteiger partial charge in [0.1, 0.15) is 0 Å². The molecule has 0 bridgehead atoms. The zero-order valence-corrected chi connectivity index (χ0v) is 15.8. The summed E-state index contributed by atoms with van der Waals surface area (Å²) in [5, 5.41) is 3.37. The van der Waals surface area contributed by atoms with Crippen molar-refractivity contribution in [2.75, 3.05) is 33.4 Å². The molecule has 1 atom stereocenters. The zero-order chi connectivity index (χ0) is 19.8. The van der Waals surface area contributed by atoms with Crippen LogP contribution in [0.15, 0.2) is 35.5 Å². The van der Waals surface area contributed by atoms with Gasteiger partial charge in [-0.25, -0.2) is 0 Å². The Kier molecular flexibility index (Phi) is 5.43. The van der Waals surface area contributed by atoms with Crippen LogP contribution in [0.3, 0.4) is 0 Å². The van der Waals surface area contributed by atoms with Crippen LogP contribution in [0.4, 0.5) is 13.2 Å². The standard InChI is InChI=1S/C18H20F3N3O2S/c1-11-14(16(25)24-6-8-26-9-7-24)15(22-17(27)23(11)2)12-4-3-5-13(10-12)18(19,20)21/h3-5,10,15H,6-9H2,1-2H3,(H,22,27). The highest BCUT2D eigenvalue weighted by Gasteiger charge is 2.37. The van der Waals surface area contributed by atoms with E-state index in [1.54, 1.807) is 29.8 Å². The number of hydrogen-bond donors (Lipinski definition) is 1. The first kappa shape index (κ1) is 19.6. The Morgan fingerprint density at radius 3 is 2.59 bits per heavy atom. The quantitative estimate of drug-likeness (QED) is 0.775. The summed E-state index contributed by atoms with van der Waals surface area (Å²) < 4.78 is 44.7. The van der Waals surface area contributed by atoms with Gasteiger partial charge >= 0.3 is 6.18 Å². The van der Waals surface area contributed by atoms with E-state index in [9.17, 15) is 18.0 Å². The molecule has 1 N–H and O–H groups in total. The maximum absolute atomic E-state index is 13.2. The average molecular weight is 399 g/mol. The molecule has 1 unspecified atom stereocenters. The van der Waals surface area contributed by atoms with Crippen molar-refractivity contribution in [3.8, 4) is 0 Å². The van der Waals surface area contributed by atoms with Crippen LogP contribution < -0.4 is 5.32 Å². The van der Waals surface area contributed by atoms with E-state index >= 15 is 0 Å². The van der Waals surface area contributed by atoms with Crippen molar-refractivity contribution < 1.29 is 22.7 Å². The summed E-state index contributed by atoms with van der Waals surface area (Å²) in [6.07, 6.45) is -4.46. The number of morpholine rings is 1. The lowest BCUT2D eigenvalue weighted by Crippen LogP contribution is -2.50. The van der Waals surface area contributed by atoms with Crippen LogP contribution in [0.2, 0.25) is 0 Å². The number of alkyl halides is 3. The molecule has 0 aromatic heterocycles. The minimum Gasteiger partial charge on any atom is -0.378 e. The average Bonchev–Trinajstić information content (AvgIpc) is 2.65. The van der Waals surface area contributed by atoms with E-state index in [4.69, 9.17) is 17.0 Å². The molecular weight excluding hydrogens is 379 g/mol. The Labute approximate surface area is 160 Å². The Hall–Kier alpha value is -2.13. The van der Waals surface area contributed by atoms with E-state index in [2.05, 4.69) is 5.32 Å². The summed E-state index contributed by atoms with van der Waals surface area (Å²) in [5.74, 6) is -0.222. The van der Waals surface area contributed by atoms with E-state index < -0.39 is 17.8 Å². The second-order valence-corrected chi connectivity index (χ2v) is 6.86. The first-order valence-corrected chi connectivity index (χ1v) is 8.90. The number of hydrogen-bond acceptors (Lipinski definition) is 3. The highest BCUT2D eigenvalue weighted by atomic mass is 32.1. The molecule has 5 nitrogen and oxygen atoms in total. The number of carbonyl (C=O) groups excluding carboxylic acids is 1. The van der Waals surface area contributed by atoms with Gasteiger partial charge in [0.25, 0.3) is 5.91 Å². The van der Waals surface area contributed by atoms with Gasteiger partial charge in [0.15, 0.2) is 5.11 Å². The molecule has 2 aliphatic heterocycles. The first-order valence-electron chi connectivity index (χ1n) is 8.49. The van der Waals surface area contributed by atoms with E-state index in [0.717, 1.165) is 12.1 Å². The normalized spacial score (nSPS) is 21.4. The Bertz CT molecular complexity index is 788. The molecule has 2 heterocycles. The van der Waals surface area contributed by atoms with Gasteiger partial charge in [-0.2, -0.15) is 13.2 Å². The van der Waals surface area contributed by atoms with Crippen molar-refractivity contribution in [1.29, 1.82) is 0 Å². The molecular formula is C18H20F3N3O2S.